The van der Waals surface area contributed by atoms with Gasteiger partial charge in [-0.1, -0.05) is 6.58 Å². The van der Waals surface area contributed by atoms with Gasteiger partial charge in [0.1, 0.15) is 0 Å². The van der Waals surface area contributed by atoms with E-state index < -0.39 is 15.2 Å². The molecule has 0 rings (SSSR count). The summed E-state index contributed by atoms with van der Waals surface area (Å²) in [6.07, 6.45) is 0. The van der Waals surface area contributed by atoms with Crippen molar-refractivity contribution >= 4 is 15.2 Å². The van der Waals surface area contributed by atoms with Gasteiger partial charge >= 0.3 is 29.6 Å². The molecule has 0 aliphatic heterocycles. The van der Waals surface area contributed by atoms with E-state index in [9.17, 15) is 17.8 Å². The zero-order valence-corrected chi connectivity index (χ0v) is 8.56. The molecular formula is C4H5NaO4S. The molecule has 0 spiro atoms. The largest absolute Gasteiger partial charge is 1.00 e. The van der Waals surface area contributed by atoms with Crippen LogP contribution in [0.4, 0.5) is 0 Å². The molecule has 0 unspecified atom stereocenters. The Morgan fingerprint density at radius 3 is 1.80 bits per heavy atom. The number of hydrogen-bond donors (Lipinski definition) is 0. The molecule has 0 aromatic carbocycles. The van der Waals surface area contributed by atoms with Gasteiger partial charge in [-0.15, -0.1) is 0 Å². The molecule has 0 aliphatic carbocycles. The van der Waals surface area contributed by atoms with Crippen molar-refractivity contribution in [2.75, 3.05) is 0 Å². The van der Waals surface area contributed by atoms with Crippen molar-refractivity contribution in [2.24, 2.45) is 0 Å². The Morgan fingerprint density at radius 2 is 1.80 bits per heavy atom. The maximum Gasteiger partial charge on any atom is 1.00 e. The SMILES string of the molecule is C=C(C)C(=O)S(=O)(=O)[O-].[Na+]. The van der Waals surface area contributed by atoms with Crippen LogP contribution in [-0.4, -0.2) is 18.1 Å². The summed E-state index contributed by atoms with van der Waals surface area (Å²) in [5, 5.41) is -1.44. The summed E-state index contributed by atoms with van der Waals surface area (Å²) in [5.41, 5.74) is -0.259. The van der Waals surface area contributed by atoms with Crippen LogP contribution in [0.5, 0.6) is 0 Å². The molecule has 0 aromatic heterocycles. The smallest absolute Gasteiger partial charge is 0.742 e. The summed E-state index contributed by atoms with van der Waals surface area (Å²) in [6.45, 7) is 4.16. The van der Waals surface area contributed by atoms with Gasteiger partial charge in [0, 0.05) is 0 Å². The maximum atomic E-state index is 10.2. The normalized spacial score (nSPS) is 9.80. The predicted octanol–water partition coefficient (Wildman–Crippen LogP) is -3.36. The molecule has 6 heteroatoms. The molecule has 4 nitrogen and oxygen atoms in total. The van der Waals surface area contributed by atoms with Crippen molar-refractivity contribution in [1.82, 2.24) is 0 Å². The summed E-state index contributed by atoms with van der Waals surface area (Å²) >= 11 is 0. The van der Waals surface area contributed by atoms with Gasteiger partial charge in [0.15, 0.2) is 10.1 Å². The quantitative estimate of drug-likeness (QED) is 0.235. The van der Waals surface area contributed by atoms with Crippen LogP contribution in [0, 0.1) is 0 Å². The molecule has 0 atom stereocenters. The van der Waals surface area contributed by atoms with Crippen molar-refractivity contribution in [3.05, 3.63) is 12.2 Å². The molecule has 52 valence electrons. The third-order valence-corrected chi connectivity index (χ3v) is 1.38. The van der Waals surface area contributed by atoms with Gasteiger partial charge in [0.2, 0.25) is 0 Å². The molecular weight excluding hydrogens is 167 g/mol. The van der Waals surface area contributed by atoms with Crippen molar-refractivity contribution in [1.29, 1.82) is 0 Å². The van der Waals surface area contributed by atoms with E-state index in [1.54, 1.807) is 0 Å². The van der Waals surface area contributed by atoms with E-state index in [1.807, 2.05) is 0 Å². The first-order valence-corrected chi connectivity index (χ1v) is 3.42. The van der Waals surface area contributed by atoms with Crippen LogP contribution < -0.4 is 29.6 Å². The molecule has 0 radical (unpaired) electrons. The minimum absolute atomic E-state index is 0. The number of carbonyl (C=O) groups excluding carboxylic acids is 1. The first kappa shape index (κ1) is 12.9. The van der Waals surface area contributed by atoms with Crippen LogP contribution in [-0.2, 0) is 14.9 Å². The van der Waals surface area contributed by atoms with E-state index in [1.165, 1.54) is 0 Å². The number of hydrogen-bond acceptors (Lipinski definition) is 4. The van der Waals surface area contributed by atoms with Gasteiger partial charge in [0.05, 0.1) is 0 Å². The average Bonchev–Trinajstić information content (AvgIpc) is 1.62. The second-order valence-corrected chi connectivity index (χ2v) is 2.80. The first-order chi connectivity index (χ1) is 3.85. The van der Waals surface area contributed by atoms with E-state index in [4.69, 9.17) is 0 Å². The summed E-state index contributed by atoms with van der Waals surface area (Å²) in [4.78, 5) is 10.2. The summed E-state index contributed by atoms with van der Waals surface area (Å²) < 4.78 is 29.4. The van der Waals surface area contributed by atoms with Crippen LogP contribution in [0.15, 0.2) is 12.2 Å². The zero-order chi connectivity index (χ0) is 7.65. The predicted molar refractivity (Wildman–Crippen MR) is 29.5 cm³/mol. The zero-order valence-electron chi connectivity index (χ0n) is 5.75. The average molecular weight is 172 g/mol. The number of rotatable bonds is 1. The van der Waals surface area contributed by atoms with E-state index >= 15 is 0 Å². The van der Waals surface area contributed by atoms with Gasteiger partial charge in [-0.25, -0.2) is 8.42 Å². The van der Waals surface area contributed by atoms with Crippen molar-refractivity contribution in [2.45, 2.75) is 6.92 Å². The first-order valence-electron chi connectivity index (χ1n) is 2.01. The standard InChI is InChI=1S/C4H6O4S.Na/c1-3(2)4(5)9(6,7)8;/h1H2,2H3,(H,6,7,8);/q;+1/p-1. The molecule has 0 N–H and O–H groups in total. The molecule has 10 heavy (non-hydrogen) atoms. The van der Waals surface area contributed by atoms with Crippen LogP contribution in [0.3, 0.4) is 0 Å². The molecule has 0 aromatic rings. The van der Waals surface area contributed by atoms with Gasteiger partial charge in [-0.3, -0.25) is 4.79 Å². The van der Waals surface area contributed by atoms with Crippen molar-refractivity contribution in [3.63, 3.8) is 0 Å². The Balaban J connectivity index is 0. The van der Waals surface area contributed by atoms with Crippen LogP contribution in [0.1, 0.15) is 6.92 Å². The Morgan fingerprint density at radius 1 is 1.50 bits per heavy atom. The maximum absolute atomic E-state index is 10.2. The summed E-state index contributed by atoms with van der Waals surface area (Å²) in [7, 11) is -4.79. The van der Waals surface area contributed by atoms with Gasteiger partial charge in [-0.05, 0) is 12.5 Å². The Bertz CT molecular complexity index is 240. The van der Waals surface area contributed by atoms with Gasteiger partial charge in [0.25, 0.3) is 5.12 Å². The second-order valence-electron chi connectivity index (χ2n) is 1.52. The molecule has 0 saturated carbocycles. The Kier molecular flexibility index (Phi) is 5.50. The van der Waals surface area contributed by atoms with Gasteiger partial charge < -0.3 is 4.55 Å². The van der Waals surface area contributed by atoms with E-state index in [-0.39, 0.29) is 35.1 Å². The third kappa shape index (κ3) is 4.19. The summed E-state index contributed by atoms with van der Waals surface area (Å²) in [6, 6.07) is 0. The van der Waals surface area contributed by atoms with Crippen LogP contribution in [0.25, 0.3) is 0 Å². The molecule has 0 heterocycles. The topological polar surface area (TPSA) is 74.3 Å². The summed E-state index contributed by atoms with van der Waals surface area (Å²) in [5.74, 6) is 0. The van der Waals surface area contributed by atoms with E-state index in [0.29, 0.717) is 0 Å². The van der Waals surface area contributed by atoms with E-state index in [2.05, 4.69) is 6.58 Å². The molecule has 0 aliphatic rings. The number of carbonyl (C=O) groups is 1. The van der Waals surface area contributed by atoms with Crippen molar-refractivity contribution < 1.29 is 47.3 Å². The fourth-order valence-electron chi connectivity index (χ4n) is 0.213. The fraction of sp³-hybridized carbons (Fsp3) is 0.250. The van der Waals surface area contributed by atoms with Crippen molar-refractivity contribution in [3.8, 4) is 0 Å². The second kappa shape index (κ2) is 4.25. The Labute approximate surface area is 81.3 Å². The van der Waals surface area contributed by atoms with Crippen LogP contribution in [0.2, 0.25) is 0 Å². The minimum atomic E-state index is -4.79. The minimum Gasteiger partial charge on any atom is -0.742 e. The van der Waals surface area contributed by atoms with E-state index in [0.717, 1.165) is 6.92 Å². The third-order valence-electron chi connectivity index (χ3n) is 0.576. The molecule has 0 amide bonds. The molecule has 0 saturated heterocycles. The van der Waals surface area contributed by atoms with Gasteiger partial charge in [-0.2, -0.15) is 0 Å². The Hall–Kier alpha value is 0.320. The molecule has 0 fully saturated rings. The molecule has 0 bridgehead atoms. The fourth-order valence-corrected chi connectivity index (χ4v) is 0.640. The monoisotopic (exact) mass is 172 g/mol. The van der Waals surface area contributed by atoms with Crippen LogP contribution >= 0.6 is 0 Å².